The fraction of sp³-hybridized carbons (Fsp3) is 0.500. The number of benzene rings is 1. The van der Waals surface area contributed by atoms with E-state index in [9.17, 15) is 4.79 Å². The van der Waals surface area contributed by atoms with Gasteiger partial charge in [-0.25, -0.2) is 0 Å². The van der Waals surface area contributed by atoms with E-state index in [2.05, 4.69) is 20.8 Å². The average molecular weight is 348 g/mol. The molecule has 0 aliphatic heterocycles. The summed E-state index contributed by atoms with van der Waals surface area (Å²) in [5, 5.41) is 0.499. The minimum Gasteiger partial charge on any atom is -0.339 e. The monoisotopic (exact) mass is 346 g/mol. The molecule has 1 aromatic carbocycles. The van der Waals surface area contributed by atoms with Gasteiger partial charge in [0.15, 0.2) is 0 Å². The van der Waals surface area contributed by atoms with Gasteiger partial charge in [0, 0.05) is 17.6 Å². The Labute approximate surface area is 128 Å². The van der Waals surface area contributed by atoms with Crippen molar-refractivity contribution in [3.63, 3.8) is 0 Å². The molecule has 1 amide bonds. The molecule has 0 heterocycles. The van der Waals surface area contributed by atoms with Crippen molar-refractivity contribution in [2.45, 2.75) is 13.3 Å². The van der Waals surface area contributed by atoms with Crippen molar-refractivity contribution in [2.24, 2.45) is 0 Å². The van der Waals surface area contributed by atoms with Crippen LogP contribution in [-0.2, 0) is 0 Å². The zero-order valence-electron chi connectivity index (χ0n) is 11.6. The number of amides is 1. The van der Waals surface area contributed by atoms with Crippen molar-refractivity contribution in [3.8, 4) is 0 Å². The Morgan fingerprint density at radius 3 is 2.58 bits per heavy atom. The Morgan fingerprint density at radius 2 is 2.00 bits per heavy atom. The molecule has 19 heavy (non-hydrogen) atoms. The smallest absolute Gasteiger partial charge is 0.255 e. The highest BCUT2D eigenvalue weighted by Crippen LogP contribution is 2.22. The van der Waals surface area contributed by atoms with E-state index >= 15 is 0 Å². The Morgan fingerprint density at radius 1 is 1.32 bits per heavy atom. The maximum Gasteiger partial charge on any atom is 0.255 e. The number of carbonyl (C=O) groups excluding carboxylic acids is 1. The first-order valence-electron chi connectivity index (χ1n) is 6.34. The van der Waals surface area contributed by atoms with E-state index in [1.807, 2.05) is 32.0 Å². The van der Waals surface area contributed by atoms with E-state index in [1.54, 1.807) is 12.1 Å². The highest BCUT2D eigenvalue weighted by atomic mass is 79.9. The number of rotatable bonds is 6. The van der Waals surface area contributed by atoms with Gasteiger partial charge in [-0.1, -0.05) is 27.5 Å². The largest absolute Gasteiger partial charge is 0.339 e. The van der Waals surface area contributed by atoms with Crippen LogP contribution in [0.25, 0.3) is 0 Å². The van der Waals surface area contributed by atoms with Crippen molar-refractivity contribution in [3.05, 3.63) is 33.3 Å². The standard InChI is InChI=1S/C14H20BrClN2O/c1-4-18(9-5-8-17(2)3)14(19)12-10-11(15)6-7-13(12)16/h6-7,10H,4-5,8-9H2,1-3H3. The van der Waals surface area contributed by atoms with Crippen molar-refractivity contribution < 1.29 is 4.79 Å². The summed E-state index contributed by atoms with van der Waals surface area (Å²) in [6, 6.07) is 5.35. The first kappa shape index (κ1) is 16.5. The van der Waals surface area contributed by atoms with Crippen LogP contribution >= 0.6 is 27.5 Å². The third kappa shape index (κ3) is 5.13. The number of hydrogen-bond acceptors (Lipinski definition) is 2. The quantitative estimate of drug-likeness (QED) is 0.786. The molecule has 0 aliphatic rings. The van der Waals surface area contributed by atoms with Gasteiger partial charge in [0.05, 0.1) is 10.6 Å². The van der Waals surface area contributed by atoms with Crippen molar-refractivity contribution in [1.29, 1.82) is 0 Å². The van der Waals surface area contributed by atoms with E-state index in [0.717, 1.165) is 24.0 Å². The molecule has 0 N–H and O–H groups in total. The van der Waals surface area contributed by atoms with Gasteiger partial charge in [-0.15, -0.1) is 0 Å². The fourth-order valence-corrected chi connectivity index (χ4v) is 2.37. The maximum atomic E-state index is 12.4. The molecule has 0 saturated heterocycles. The SMILES string of the molecule is CCN(CCCN(C)C)C(=O)c1cc(Br)ccc1Cl. The molecular weight excluding hydrogens is 328 g/mol. The lowest BCUT2D eigenvalue weighted by Crippen LogP contribution is -2.33. The lowest BCUT2D eigenvalue weighted by atomic mass is 10.2. The third-order valence-electron chi connectivity index (χ3n) is 2.86. The summed E-state index contributed by atoms with van der Waals surface area (Å²) in [5.74, 6) is -0.00689. The first-order chi connectivity index (χ1) is 8.95. The molecule has 0 aromatic heterocycles. The molecule has 0 saturated carbocycles. The van der Waals surface area contributed by atoms with Crippen LogP contribution in [0.3, 0.4) is 0 Å². The van der Waals surface area contributed by atoms with Crippen LogP contribution < -0.4 is 0 Å². The van der Waals surface area contributed by atoms with Crippen LogP contribution in [0.15, 0.2) is 22.7 Å². The summed E-state index contributed by atoms with van der Waals surface area (Å²) in [6.07, 6.45) is 0.957. The molecule has 0 atom stereocenters. The molecule has 1 aromatic rings. The summed E-state index contributed by atoms with van der Waals surface area (Å²) < 4.78 is 0.865. The van der Waals surface area contributed by atoms with Gasteiger partial charge in [-0.3, -0.25) is 4.79 Å². The van der Waals surface area contributed by atoms with Crippen molar-refractivity contribution in [2.75, 3.05) is 33.7 Å². The minimum atomic E-state index is -0.00689. The summed E-state index contributed by atoms with van der Waals surface area (Å²) in [4.78, 5) is 16.4. The van der Waals surface area contributed by atoms with E-state index < -0.39 is 0 Å². The third-order valence-corrected chi connectivity index (χ3v) is 3.68. The predicted octanol–water partition coefficient (Wildman–Crippen LogP) is 3.52. The second-order valence-corrected chi connectivity index (χ2v) is 5.99. The van der Waals surface area contributed by atoms with Crippen LogP contribution in [-0.4, -0.2) is 49.4 Å². The lowest BCUT2D eigenvalue weighted by molar-refractivity contribution is 0.0759. The average Bonchev–Trinajstić information content (AvgIpc) is 2.36. The Bertz CT molecular complexity index is 437. The summed E-state index contributed by atoms with van der Waals surface area (Å²) in [6.45, 7) is 4.39. The van der Waals surface area contributed by atoms with Crippen LogP contribution in [0.2, 0.25) is 5.02 Å². The molecule has 0 fully saturated rings. The van der Waals surface area contributed by atoms with Gasteiger partial charge in [0.25, 0.3) is 5.91 Å². The van der Waals surface area contributed by atoms with Crippen LogP contribution in [0.1, 0.15) is 23.7 Å². The highest BCUT2D eigenvalue weighted by Gasteiger charge is 2.17. The summed E-state index contributed by atoms with van der Waals surface area (Å²) in [7, 11) is 4.06. The Balaban J connectivity index is 2.75. The normalized spacial score (nSPS) is 10.8. The predicted molar refractivity (Wildman–Crippen MR) is 83.9 cm³/mol. The molecule has 0 aliphatic carbocycles. The zero-order valence-corrected chi connectivity index (χ0v) is 14.0. The van der Waals surface area contributed by atoms with E-state index in [0.29, 0.717) is 17.1 Å². The molecule has 1 rings (SSSR count). The molecular formula is C14H20BrClN2O. The van der Waals surface area contributed by atoms with Crippen molar-refractivity contribution >= 4 is 33.4 Å². The van der Waals surface area contributed by atoms with E-state index in [4.69, 9.17) is 11.6 Å². The van der Waals surface area contributed by atoms with Gasteiger partial charge in [-0.2, -0.15) is 0 Å². The van der Waals surface area contributed by atoms with Gasteiger partial charge in [0.1, 0.15) is 0 Å². The zero-order chi connectivity index (χ0) is 14.4. The van der Waals surface area contributed by atoms with Crippen LogP contribution in [0.5, 0.6) is 0 Å². The highest BCUT2D eigenvalue weighted by molar-refractivity contribution is 9.10. The second kappa shape index (κ2) is 7.88. The number of nitrogens with zero attached hydrogens (tertiary/aromatic N) is 2. The summed E-state index contributed by atoms with van der Waals surface area (Å²) in [5.41, 5.74) is 0.558. The molecule has 0 unspecified atom stereocenters. The van der Waals surface area contributed by atoms with E-state index in [-0.39, 0.29) is 5.91 Å². The first-order valence-corrected chi connectivity index (χ1v) is 7.51. The van der Waals surface area contributed by atoms with Gasteiger partial charge < -0.3 is 9.80 Å². The fourth-order valence-electron chi connectivity index (χ4n) is 1.81. The van der Waals surface area contributed by atoms with Crippen LogP contribution in [0, 0.1) is 0 Å². The second-order valence-electron chi connectivity index (χ2n) is 4.67. The minimum absolute atomic E-state index is 0.00689. The van der Waals surface area contributed by atoms with Gasteiger partial charge in [-0.05, 0) is 52.2 Å². The molecule has 0 bridgehead atoms. The molecule has 0 radical (unpaired) electrons. The van der Waals surface area contributed by atoms with Gasteiger partial charge >= 0.3 is 0 Å². The Kier molecular flexibility index (Phi) is 6.83. The molecule has 0 spiro atoms. The Hall–Kier alpha value is -0.580. The number of halogens is 2. The number of carbonyl (C=O) groups is 1. The van der Waals surface area contributed by atoms with E-state index in [1.165, 1.54) is 0 Å². The topological polar surface area (TPSA) is 23.6 Å². The van der Waals surface area contributed by atoms with Crippen LogP contribution in [0.4, 0.5) is 0 Å². The molecule has 5 heteroatoms. The van der Waals surface area contributed by atoms with Crippen molar-refractivity contribution in [1.82, 2.24) is 9.80 Å². The maximum absolute atomic E-state index is 12.4. The summed E-state index contributed by atoms with van der Waals surface area (Å²) >= 11 is 9.47. The molecule has 3 nitrogen and oxygen atoms in total. The lowest BCUT2D eigenvalue weighted by Gasteiger charge is -2.22. The molecule has 106 valence electrons. The number of hydrogen-bond donors (Lipinski definition) is 0. The van der Waals surface area contributed by atoms with Gasteiger partial charge in [0.2, 0.25) is 0 Å².